The third-order valence-electron chi connectivity index (χ3n) is 5.28. The first kappa shape index (κ1) is 19.6. The smallest absolute Gasteiger partial charge is 0.319 e. The molecule has 2 aliphatic rings. The molecule has 1 N–H and O–H groups in total. The van der Waals surface area contributed by atoms with Crippen molar-refractivity contribution in [3.05, 3.63) is 0 Å². The Morgan fingerprint density at radius 2 is 1.79 bits per heavy atom. The second-order valence-electron chi connectivity index (χ2n) is 7.60. The van der Waals surface area contributed by atoms with E-state index in [0.717, 1.165) is 44.9 Å². The van der Waals surface area contributed by atoms with Crippen LogP contribution in [0.5, 0.6) is 0 Å². The van der Waals surface area contributed by atoms with Crippen molar-refractivity contribution >= 4 is 5.97 Å². The number of carbonyl (C=O) groups is 1. The van der Waals surface area contributed by atoms with Crippen molar-refractivity contribution in [2.45, 2.75) is 44.2 Å². The monoisotopic (exact) mass is 340 g/mol. The van der Waals surface area contributed by atoms with Crippen molar-refractivity contribution in [3.8, 4) is 0 Å². The lowest BCUT2D eigenvalue weighted by Crippen LogP contribution is -2.50. The molecule has 0 unspecified atom stereocenters. The maximum absolute atomic E-state index is 11.8. The van der Waals surface area contributed by atoms with E-state index in [1.807, 2.05) is 14.1 Å². The van der Waals surface area contributed by atoms with Gasteiger partial charge in [-0.15, -0.1) is 0 Å². The topological polar surface area (TPSA) is 48.1 Å². The molecule has 0 aromatic rings. The summed E-state index contributed by atoms with van der Waals surface area (Å²) in [6.45, 7) is 6.59. The minimum Gasteiger partial charge on any atom is -0.465 e. The highest BCUT2D eigenvalue weighted by atomic mass is 16.5. The molecular weight excluding hydrogens is 304 g/mol. The number of esters is 1. The molecule has 0 amide bonds. The number of likely N-dealkylation sites (tertiary alicyclic amines) is 2. The van der Waals surface area contributed by atoms with Gasteiger partial charge in [0.1, 0.15) is 0 Å². The van der Waals surface area contributed by atoms with Crippen LogP contribution in [0.1, 0.15) is 32.1 Å². The molecule has 2 saturated heterocycles. The Hall–Kier alpha value is -0.690. The zero-order chi connectivity index (χ0) is 17.4. The Balaban J connectivity index is 1.54. The van der Waals surface area contributed by atoms with Crippen LogP contribution in [0.4, 0.5) is 0 Å². The largest absolute Gasteiger partial charge is 0.465 e. The summed E-state index contributed by atoms with van der Waals surface area (Å²) in [6, 6.07) is 1.23. The first-order valence-electron chi connectivity index (χ1n) is 9.51. The maximum Gasteiger partial charge on any atom is 0.319 e. The van der Waals surface area contributed by atoms with Crippen molar-refractivity contribution in [1.82, 2.24) is 20.0 Å². The van der Waals surface area contributed by atoms with E-state index < -0.39 is 0 Å². The van der Waals surface area contributed by atoms with Gasteiger partial charge < -0.3 is 24.8 Å². The zero-order valence-corrected chi connectivity index (χ0v) is 15.8. The van der Waals surface area contributed by atoms with E-state index in [2.05, 4.69) is 27.1 Å². The van der Waals surface area contributed by atoms with Gasteiger partial charge in [-0.25, -0.2) is 0 Å². The molecule has 2 aliphatic heterocycles. The van der Waals surface area contributed by atoms with E-state index >= 15 is 0 Å². The fourth-order valence-electron chi connectivity index (χ4n) is 3.67. The quantitative estimate of drug-likeness (QED) is 0.517. The van der Waals surface area contributed by atoms with Gasteiger partial charge in [0.2, 0.25) is 0 Å². The van der Waals surface area contributed by atoms with Crippen LogP contribution in [0.15, 0.2) is 0 Å². The second-order valence-corrected chi connectivity index (χ2v) is 7.60. The van der Waals surface area contributed by atoms with Gasteiger partial charge in [0.15, 0.2) is 0 Å². The Labute approximate surface area is 147 Å². The van der Waals surface area contributed by atoms with Crippen LogP contribution in [0, 0.1) is 0 Å². The average molecular weight is 341 g/mol. The second kappa shape index (κ2) is 10.3. The molecule has 0 aromatic carbocycles. The van der Waals surface area contributed by atoms with Crippen molar-refractivity contribution < 1.29 is 9.53 Å². The Kier molecular flexibility index (Phi) is 8.45. The number of hydrogen-bond donors (Lipinski definition) is 1. The molecule has 0 spiro atoms. The summed E-state index contributed by atoms with van der Waals surface area (Å²) in [4.78, 5) is 18.9. The van der Waals surface area contributed by atoms with E-state index in [1.165, 1.54) is 25.9 Å². The number of rotatable bonds is 8. The van der Waals surface area contributed by atoms with E-state index in [0.29, 0.717) is 19.2 Å². The summed E-state index contributed by atoms with van der Waals surface area (Å²) in [6.07, 6.45) is 5.77. The van der Waals surface area contributed by atoms with Crippen LogP contribution < -0.4 is 5.32 Å². The highest BCUT2D eigenvalue weighted by molar-refractivity contribution is 5.71. The summed E-state index contributed by atoms with van der Waals surface area (Å²) in [5.41, 5.74) is 0. The van der Waals surface area contributed by atoms with Crippen molar-refractivity contribution in [3.63, 3.8) is 0 Å². The normalized spacial score (nSPS) is 22.2. The van der Waals surface area contributed by atoms with E-state index in [1.54, 1.807) is 0 Å². The van der Waals surface area contributed by atoms with Crippen LogP contribution >= 0.6 is 0 Å². The van der Waals surface area contributed by atoms with Crippen LogP contribution in [-0.2, 0) is 9.53 Å². The van der Waals surface area contributed by atoms with Gasteiger partial charge in [-0.05, 0) is 79.4 Å². The van der Waals surface area contributed by atoms with Gasteiger partial charge in [0.25, 0.3) is 0 Å². The summed E-state index contributed by atoms with van der Waals surface area (Å²) in [7, 11) is 6.27. The fourth-order valence-corrected chi connectivity index (χ4v) is 3.67. The lowest BCUT2D eigenvalue weighted by Gasteiger charge is -2.41. The molecule has 0 aromatic heterocycles. The van der Waals surface area contributed by atoms with Crippen LogP contribution in [0.25, 0.3) is 0 Å². The fraction of sp³-hybridized carbons (Fsp3) is 0.944. The summed E-state index contributed by atoms with van der Waals surface area (Å²) < 4.78 is 5.27. The minimum absolute atomic E-state index is 0.119. The SMILES string of the molecule is CN(C)CCCOC(=O)CNC1CCN(C2CCN(C)CC2)CC1. The number of piperidine rings is 2. The lowest BCUT2D eigenvalue weighted by molar-refractivity contribution is -0.142. The van der Waals surface area contributed by atoms with Crippen molar-refractivity contribution in [2.75, 3.05) is 67.0 Å². The first-order chi connectivity index (χ1) is 11.5. The summed E-state index contributed by atoms with van der Waals surface area (Å²) >= 11 is 0. The van der Waals surface area contributed by atoms with Crippen LogP contribution in [0.2, 0.25) is 0 Å². The third kappa shape index (κ3) is 7.05. The zero-order valence-electron chi connectivity index (χ0n) is 15.8. The number of hydrogen-bond acceptors (Lipinski definition) is 6. The Bertz CT molecular complexity index is 362. The van der Waals surface area contributed by atoms with Gasteiger partial charge in [-0.3, -0.25) is 4.79 Å². The van der Waals surface area contributed by atoms with Gasteiger partial charge >= 0.3 is 5.97 Å². The minimum atomic E-state index is -0.119. The van der Waals surface area contributed by atoms with Crippen LogP contribution in [-0.4, -0.2) is 99.8 Å². The standard InChI is InChI=1S/C18H36N4O2/c1-20(2)9-4-14-24-18(23)15-19-16-5-12-22(13-6-16)17-7-10-21(3)11-8-17/h16-17,19H,4-15H2,1-3H3. The molecule has 24 heavy (non-hydrogen) atoms. The summed E-state index contributed by atoms with van der Waals surface area (Å²) in [5, 5.41) is 3.38. The predicted molar refractivity (Wildman–Crippen MR) is 97.2 cm³/mol. The number of nitrogens with zero attached hydrogens (tertiary/aromatic N) is 3. The number of ether oxygens (including phenoxy) is 1. The third-order valence-corrected chi connectivity index (χ3v) is 5.28. The first-order valence-corrected chi connectivity index (χ1v) is 9.51. The van der Waals surface area contributed by atoms with Crippen LogP contribution in [0.3, 0.4) is 0 Å². The van der Waals surface area contributed by atoms with Gasteiger partial charge in [0.05, 0.1) is 13.2 Å². The highest BCUT2D eigenvalue weighted by Gasteiger charge is 2.27. The molecule has 0 aliphatic carbocycles. The molecule has 0 radical (unpaired) electrons. The molecule has 2 fully saturated rings. The van der Waals surface area contributed by atoms with Gasteiger partial charge in [-0.2, -0.15) is 0 Å². The maximum atomic E-state index is 11.8. The average Bonchev–Trinajstić information content (AvgIpc) is 2.58. The molecule has 0 atom stereocenters. The molecule has 140 valence electrons. The van der Waals surface area contributed by atoms with Gasteiger partial charge in [0, 0.05) is 18.6 Å². The van der Waals surface area contributed by atoms with Gasteiger partial charge in [-0.1, -0.05) is 0 Å². The molecule has 0 saturated carbocycles. The number of nitrogens with one attached hydrogen (secondary N) is 1. The van der Waals surface area contributed by atoms with Crippen molar-refractivity contribution in [2.24, 2.45) is 0 Å². The van der Waals surface area contributed by atoms with E-state index in [-0.39, 0.29) is 5.97 Å². The molecular formula is C18H36N4O2. The van der Waals surface area contributed by atoms with E-state index in [4.69, 9.17) is 4.74 Å². The molecule has 2 heterocycles. The molecule has 6 nitrogen and oxygen atoms in total. The Morgan fingerprint density at radius 1 is 1.12 bits per heavy atom. The molecule has 0 bridgehead atoms. The highest BCUT2D eigenvalue weighted by Crippen LogP contribution is 2.20. The lowest BCUT2D eigenvalue weighted by atomic mass is 9.98. The van der Waals surface area contributed by atoms with Crippen molar-refractivity contribution in [1.29, 1.82) is 0 Å². The summed E-state index contributed by atoms with van der Waals surface area (Å²) in [5.74, 6) is -0.119. The van der Waals surface area contributed by atoms with E-state index in [9.17, 15) is 4.79 Å². The Morgan fingerprint density at radius 3 is 2.42 bits per heavy atom. The number of carbonyl (C=O) groups excluding carboxylic acids is 1. The predicted octanol–water partition coefficient (Wildman–Crippen LogP) is 0.630. The molecule has 2 rings (SSSR count). The molecule has 6 heteroatoms.